The molecule has 2 amide bonds. The molecule has 0 heterocycles. The molecule has 0 spiro atoms. The molecule has 4 atom stereocenters. The zero-order chi connectivity index (χ0) is 23.8. The summed E-state index contributed by atoms with van der Waals surface area (Å²) in [4.78, 5) is 50.1. The predicted molar refractivity (Wildman–Crippen MR) is 120 cm³/mol. The number of amides is 2. The third kappa shape index (κ3) is 6.26. The molecule has 0 bridgehead atoms. The molecule has 2 aromatic rings. The second-order valence-electron chi connectivity index (χ2n) is 8.08. The van der Waals surface area contributed by atoms with Crippen molar-refractivity contribution in [1.82, 2.24) is 10.6 Å². The van der Waals surface area contributed by atoms with Crippen LogP contribution >= 0.6 is 0 Å². The maximum atomic E-state index is 13.0. The third-order valence-electron chi connectivity index (χ3n) is 5.81. The van der Waals surface area contributed by atoms with Gasteiger partial charge in [0.2, 0.25) is 0 Å². The number of carbonyl (C=O) groups is 4. The van der Waals surface area contributed by atoms with E-state index in [1.807, 2.05) is 0 Å². The summed E-state index contributed by atoms with van der Waals surface area (Å²) in [6.45, 7) is 0. The van der Waals surface area contributed by atoms with Crippen molar-refractivity contribution in [1.29, 1.82) is 0 Å². The lowest BCUT2D eigenvalue weighted by Gasteiger charge is -2.30. The van der Waals surface area contributed by atoms with Gasteiger partial charge in [0.05, 0.1) is 13.2 Å². The Morgan fingerprint density at radius 2 is 1.64 bits per heavy atom. The van der Waals surface area contributed by atoms with E-state index >= 15 is 0 Å². The van der Waals surface area contributed by atoms with E-state index in [0.29, 0.717) is 30.4 Å². The van der Waals surface area contributed by atoms with Gasteiger partial charge in [0.25, 0.3) is 11.8 Å². The first-order chi connectivity index (χ1) is 15.9. The van der Waals surface area contributed by atoms with Crippen molar-refractivity contribution in [2.75, 3.05) is 7.11 Å². The van der Waals surface area contributed by atoms with E-state index in [1.54, 1.807) is 60.7 Å². The van der Waals surface area contributed by atoms with Gasteiger partial charge in [-0.2, -0.15) is 0 Å². The number of aliphatic hydroxyl groups is 1. The minimum absolute atomic E-state index is 0.0206. The number of hydrogen-bond acceptors (Lipinski definition) is 6. The molecule has 2 aromatic carbocycles. The first kappa shape index (κ1) is 24.1. The summed E-state index contributed by atoms with van der Waals surface area (Å²) in [5.74, 6) is -2.37. The average Bonchev–Trinajstić information content (AvgIpc) is 2.85. The summed E-state index contributed by atoms with van der Waals surface area (Å²) < 4.78 is 4.83. The summed E-state index contributed by atoms with van der Waals surface area (Å²) in [5.41, 5.74) is 0.895. The Morgan fingerprint density at radius 1 is 1.00 bits per heavy atom. The van der Waals surface area contributed by atoms with Crippen molar-refractivity contribution < 1.29 is 29.0 Å². The van der Waals surface area contributed by atoms with Crippen molar-refractivity contribution >= 4 is 23.6 Å². The highest BCUT2D eigenvalue weighted by atomic mass is 16.5. The van der Waals surface area contributed by atoms with Crippen molar-refractivity contribution in [3.05, 3.63) is 71.8 Å². The van der Waals surface area contributed by atoms with Crippen LogP contribution in [-0.2, 0) is 19.1 Å². The number of esters is 1. The minimum Gasteiger partial charge on any atom is -0.467 e. The van der Waals surface area contributed by atoms with Crippen LogP contribution in [0.15, 0.2) is 60.7 Å². The highest BCUT2D eigenvalue weighted by Crippen LogP contribution is 2.26. The number of aliphatic hydroxyl groups excluding tert-OH is 1. The van der Waals surface area contributed by atoms with E-state index in [2.05, 4.69) is 10.6 Å². The molecule has 0 saturated heterocycles. The van der Waals surface area contributed by atoms with Crippen LogP contribution in [-0.4, -0.2) is 47.9 Å². The second kappa shape index (κ2) is 11.4. The molecule has 1 aliphatic carbocycles. The lowest BCUT2D eigenvalue weighted by atomic mass is 9.83. The lowest BCUT2D eigenvalue weighted by molar-refractivity contribution is -0.149. The highest BCUT2D eigenvalue weighted by Gasteiger charge is 2.37. The van der Waals surface area contributed by atoms with Gasteiger partial charge in [0, 0.05) is 18.4 Å². The van der Waals surface area contributed by atoms with Crippen LogP contribution in [0.5, 0.6) is 0 Å². The summed E-state index contributed by atoms with van der Waals surface area (Å²) in [7, 11) is 1.20. The fourth-order valence-corrected chi connectivity index (χ4v) is 4.05. The number of rotatable bonds is 8. The van der Waals surface area contributed by atoms with Gasteiger partial charge in [-0.15, -0.1) is 0 Å². The van der Waals surface area contributed by atoms with Crippen molar-refractivity contribution in [2.24, 2.45) is 5.92 Å². The summed E-state index contributed by atoms with van der Waals surface area (Å²) >= 11 is 0. The Balaban J connectivity index is 1.80. The number of nitrogens with one attached hydrogen (secondary N) is 2. The molecule has 33 heavy (non-hydrogen) atoms. The van der Waals surface area contributed by atoms with Gasteiger partial charge in [0.1, 0.15) is 11.8 Å². The zero-order valence-corrected chi connectivity index (χ0v) is 18.4. The number of methoxy groups -OCH3 is 1. The van der Waals surface area contributed by atoms with Gasteiger partial charge in [-0.3, -0.25) is 14.4 Å². The smallest absolute Gasteiger partial charge is 0.328 e. The number of carbonyl (C=O) groups excluding carboxylic acids is 4. The van der Waals surface area contributed by atoms with E-state index in [9.17, 15) is 24.3 Å². The Hall–Kier alpha value is -3.52. The molecule has 0 radical (unpaired) electrons. The number of Topliss-reactive ketones (excluding diaryl/α,β-unsaturated/α-hetero) is 1. The van der Waals surface area contributed by atoms with Crippen molar-refractivity contribution in [3.8, 4) is 0 Å². The standard InChI is InChI=1S/C25H28N2O6/c1-33-25(32)21(18-13-8-14-19(28)15-18)27-24(31)22(29)20(16-9-4-2-5-10-16)26-23(30)17-11-6-3-7-12-17/h2-7,9-12,18,20-22,29H,8,13-15H2,1H3,(H,26,30)(H,27,31)/t18-,20+,21+,22-/m1/s1. The maximum Gasteiger partial charge on any atom is 0.328 e. The second-order valence-corrected chi connectivity index (χ2v) is 8.08. The highest BCUT2D eigenvalue weighted by molar-refractivity contribution is 5.95. The van der Waals surface area contributed by atoms with Gasteiger partial charge < -0.3 is 20.5 Å². The number of hydrogen-bond donors (Lipinski definition) is 3. The summed E-state index contributed by atoms with van der Waals surface area (Å²) in [5, 5.41) is 16.2. The molecule has 8 heteroatoms. The molecule has 8 nitrogen and oxygen atoms in total. The SMILES string of the molecule is COC(=O)[C@@H](NC(=O)[C@H](O)[C@@H](NC(=O)c1ccccc1)c1ccccc1)[C@@H]1CCCC(=O)C1. The molecule has 1 fully saturated rings. The first-order valence-corrected chi connectivity index (χ1v) is 10.9. The third-order valence-corrected chi connectivity index (χ3v) is 5.81. The normalized spacial score (nSPS) is 18.5. The van der Waals surface area contributed by atoms with Gasteiger partial charge in [-0.25, -0.2) is 4.79 Å². The predicted octanol–water partition coefficient (Wildman–Crippen LogP) is 1.94. The number of ketones is 1. The maximum absolute atomic E-state index is 13.0. The molecule has 0 aliphatic heterocycles. The Labute approximate surface area is 192 Å². The molecule has 0 unspecified atom stereocenters. The topological polar surface area (TPSA) is 122 Å². The van der Waals surface area contributed by atoms with E-state index < -0.39 is 41.9 Å². The molecular weight excluding hydrogens is 424 g/mol. The van der Waals surface area contributed by atoms with E-state index in [0.717, 1.165) is 0 Å². The van der Waals surface area contributed by atoms with E-state index in [-0.39, 0.29) is 12.2 Å². The van der Waals surface area contributed by atoms with Crippen LogP contribution in [0.3, 0.4) is 0 Å². The molecule has 174 valence electrons. The van der Waals surface area contributed by atoms with Gasteiger partial charge in [-0.1, -0.05) is 48.5 Å². The quantitative estimate of drug-likeness (QED) is 0.526. The Kier molecular flexibility index (Phi) is 8.32. The minimum atomic E-state index is -1.69. The average molecular weight is 453 g/mol. The molecule has 3 N–H and O–H groups in total. The molecule has 1 aliphatic rings. The monoisotopic (exact) mass is 452 g/mol. The van der Waals surface area contributed by atoms with Crippen molar-refractivity contribution in [2.45, 2.75) is 43.9 Å². The molecule has 1 saturated carbocycles. The summed E-state index contributed by atoms with van der Waals surface area (Å²) in [6.07, 6.45) is 0.113. The molecular formula is C25H28N2O6. The Bertz CT molecular complexity index is 979. The van der Waals surface area contributed by atoms with Crippen LogP contribution in [0, 0.1) is 5.92 Å². The van der Waals surface area contributed by atoms with Gasteiger partial charge in [-0.05, 0) is 36.5 Å². The van der Waals surface area contributed by atoms with Gasteiger partial charge >= 0.3 is 5.97 Å². The van der Waals surface area contributed by atoms with Gasteiger partial charge in [0.15, 0.2) is 6.10 Å². The van der Waals surface area contributed by atoms with E-state index in [1.165, 1.54) is 7.11 Å². The van der Waals surface area contributed by atoms with Crippen LogP contribution in [0.4, 0.5) is 0 Å². The van der Waals surface area contributed by atoms with Crippen molar-refractivity contribution in [3.63, 3.8) is 0 Å². The molecule has 0 aromatic heterocycles. The van der Waals surface area contributed by atoms with Crippen LogP contribution in [0.2, 0.25) is 0 Å². The number of benzene rings is 2. The van der Waals surface area contributed by atoms with E-state index in [4.69, 9.17) is 4.74 Å². The molecule has 3 rings (SSSR count). The van der Waals surface area contributed by atoms with Crippen LogP contribution < -0.4 is 10.6 Å². The fraction of sp³-hybridized carbons (Fsp3) is 0.360. The number of ether oxygens (including phenoxy) is 1. The largest absolute Gasteiger partial charge is 0.467 e. The summed E-state index contributed by atoms with van der Waals surface area (Å²) in [6, 6.07) is 14.9. The Morgan fingerprint density at radius 3 is 2.24 bits per heavy atom. The lowest BCUT2D eigenvalue weighted by Crippen LogP contribution is -2.53. The van der Waals surface area contributed by atoms with Crippen LogP contribution in [0.1, 0.15) is 47.6 Å². The fourth-order valence-electron chi connectivity index (χ4n) is 4.05. The van der Waals surface area contributed by atoms with Crippen LogP contribution in [0.25, 0.3) is 0 Å². The first-order valence-electron chi connectivity index (χ1n) is 10.9. The zero-order valence-electron chi connectivity index (χ0n) is 18.4.